The molecule has 3 aliphatic heterocycles. The second kappa shape index (κ2) is 12.4. The van der Waals surface area contributed by atoms with Gasteiger partial charge in [-0.1, -0.05) is 41.5 Å². The van der Waals surface area contributed by atoms with Gasteiger partial charge in [-0.15, -0.1) is 0 Å². The van der Waals surface area contributed by atoms with Crippen molar-refractivity contribution in [2.24, 2.45) is 35.5 Å². The number of likely N-dealkylation sites (tertiary alicyclic amines) is 3. The van der Waals surface area contributed by atoms with Crippen LogP contribution < -0.4 is 0 Å². The molecule has 0 saturated carbocycles. The van der Waals surface area contributed by atoms with Crippen molar-refractivity contribution in [1.29, 1.82) is 0 Å². The average molecular weight is 382 g/mol. The van der Waals surface area contributed by atoms with Crippen molar-refractivity contribution in [3.8, 4) is 0 Å². The first kappa shape index (κ1) is 24.9. The molecule has 0 spiro atoms. The lowest BCUT2D eigenvalue weighted by Crippen LogP contribution is -2.46. The zero-order valence-corrected chi connectivity index (χ0v) is 20.2. The van der Waals surface area contributed by atoms with Crippen LogP contribution in [0.25, 0.3) is 0 Å². The van der Waals surface area contributed by atoms with Gasteiger partial charge in [-0.05, 0) is 95.5 Å². The van der Waals surface area contributed by atoms with Crippen molar-refractivity contribution in [3.05, 3.63) is 0 Å². The summed E-state index contributed by atoms with van der Waals surface area (Å²) in [6, 6.07) is 0. The van der Waals surface area contributed by atoms with Gasteiger partial charge in [-0.3, -0.25) is 0 Å². The van der Waals surface area contributed by atoms with Crippen LogP contribution in [-0.4, -0.2) is 75.1 Å². The topological polar surface area (TPSA) is 9.72 Å². The van der Waals surface area contributed by atoms with E-state index in [1.54, 1.807) is 0 Å². The monoisotopic (exact) mass is 381 g/mol. The van der Waals surface area contributed by atoms with Crippen LogP contribution in [0.3, 0.4) is 0 Å². The van der Waals surface area contributed by atoms with E-state index in [0.29, 0.717) is 0 Å². The second-order valence-electron chi connectivity index (χ2n) is 10.7. The Kier molecular flexibility index (Phi) is 11.5. The first-order valence-electron chi connectivity index (χ1n) is 11.7. The number of hydrogen-bond acceptors (Lipinski definition) is 3. The Hall–Kier alpha value is -0.120. The smallest absolute Gasteiger partial charge is 0.00214 e. The van der Waals surface area contributed by atoms with Crippen LogP contribution in [-0.2, 0) is 0 Å². The first-order valence-corrected chi connectivity index (χ1v) is 11.7. The molecule has 0 radical (unpaired) electrons. The lowest BCUT2D eigenvalue weighted by Gasteiger charge is -2.38. The summed E-state index contributed by atoms with van der Waals surface area (Å²) in [5.74, 6) is 5.63. The molecule has 162 valence electrons. The minimum Gasteiger partial charge on any atom is -0.306 e. The summed E-state index contributed by atoms with van der Waals surface area (Å²) in [6.07, 6.45) is 4.23. The van der Waals surface area contributed by atoms with E-state index in [2.05, 4.69) is 77.4 Å². The van der Waals surface area contributed by atoms with Crippen molar-refractivity contribution in [2.45, 2.75) is 60.8 Å². The van der Waals surface area contributed by atoms with Gasteiger partial charge in [-0.2, -0.15) is 0 Å². The third-order valence-electron chi connectivity index (χ3n) is 7.11. The Balaban J connectivity index is 0.000000204. The molecule has 3 nitrogen and oxygen atoms in total. The van der Waals surface area contributed by atoms with Gasteiger partial charge in [-0.25, -0.2) is 0 Å². The number of nitrogens with zero attached hydrogens (tertiary/aromatic N) is 3. The second-order valence-corrected chi connectivity index (χ2v) is 10.7. The highest BCUT2D eigenvalue weighted by Crippen LogP contribution is 2.23. The first-order chi connectivity index (χ1) is 12.6. The van der Waals surface area contributed by atoms with Gasteiger partial charge in [0.2, 0.25) is 0 Å². The van der Waals surface area contributed by atoms with E-state index in [9.17, 15) is 0 Å². The van der Waals surface area contributed by atoms with Crippen LogP contribution in [0.4, 0.5) is 0 Å². The van der Waals surface area contributed by atoms with Crippen molar-refractivity contribution in [2.75, 3.05) is 60.4 Å². The van der Waals surface area contributed by atoms with Crippen LogP contribution in [0.2, 0.25) is 0 Å². The molecule has 0 aliphatic carbocycles. The Morgan fingerprint density at radius 2 is 0.852 bits per heavy atom. The molecule has 0 bridgehead atoms. The van der Waals surface area contributed by atoms with Gasteiger partial charge < -0.3 is 14.7 Å². The molecule has 0 aromatic rings. The van der Waals surface area contributed by atoms with Crippen LogP contribution in [0.15, 0.2) is 0 Å². The van der Waals surface area contributed by atoms with Gasteiger partial charge in [0.15, 0.2) is 0 Å². The van der Waals surface area contributed by atoms with Crippen LogP contribution in [0.5, 0.6) is 0 Å². The van der Waals surface area contributed by atoms with Crippen LogP contribution in [0, 0.1) is 35.5 Å². The molecule has 1 atom stereocenters. The maximum absolute atomic E-state index is 2.43. The fourth-order valence-corrected chi connectivity index (χ4v) is 4.38. The largest absolute Gasteiger partial charge is 0.306 e. The highest BCUT2D eigenvalue weighted by atomic mass is 15.2. The van der Waals surface area contributed by atoms with Crippen molar-refractivity contribution in [1.82, 2.24) is 14.7 Å². The summed E-state index contributed by atoms with van der Waals surface area (Å²) in [7, 11) is 6.61. The molecule has 0 aromatic carbocycles. The number of hydrogen-bond donors (Lipinski definition) is 0. The van der Waals surface area contributed by atoms with E-state index in [4.69, 9.17) is 0 Å². The molecular formula is C24H51N3. The Bertz CT molecular complexity index is 366. The van der Waals surface area contributed by atoms with Crippen LogP contribution in [0.1, 0.15) is 60.8 Å². The molecule has 0 aromatic heterocycles. The standard InChI is InChI=1S/C9H19N.C8H17N.C7H15N/c1-8(2)9-4-6-10(3)7-5-9;1-7(2)8-4-5-9(3)6-8;1-6(2)7-4-8(3)5-7/h8-9H,4-7H2,1-3H3;7-8H,4-6H2,1-3H3;6-7H,4-5H2,1-3H3. The van der Waals surface area contributed by atoms with Gasteiger partial charge in [0, 0.05) is 19.6 Å². The van der Waals surface area contributed by atoms with E-state index < -0.39 is 0 Å². The lowest BCUT2D eigenvalue weighted by atomic mass is 9.87. The maximum atomic E-state index is 2.43. The third kappa shape index (κ3) is 9.76. The minimum atomic E-state index is 0.884. The Morgan fingerprint density at radius 3 is 1.11 bits per heavy atom. The summed E-state index contributed by atoms with van der Waals surface area (Å²) in [5.41, 5.74) is 0. The van der Waals surface area contributed by atoms with E-state index in [1.165, 1.54) is 58.5 Å². The minimum absolute atomic E-state index is 0.884. The number of rotatable bonds is 3. The fraction of sp³-hybridized carbons (Fsp3) is 1.00. The summed E-state index contributed by atoms with van der Waals surface area (Å²) in [6.45, 7) is 21.8. The molecular weight excluding hydrogens is 330 g/mol. The Labute approximate surface area is 171 Å². The van der Waals surface area contributed by atoms with Gasteiger partial charge >= 0.3 is 0 Å². The summed E-state index contributed by atoms with van der Waals surface area (Å²) in [4.78, 5) is 7.22. The van der Waals surface area contributed by atoms with E-state index in [1.807, 2.05) is 0 Å². The summed E-state index contributed by atoms with van der Waals surface area (Å²) >= 11 is 0. The molecule has 3 saturated heterocycles. The zero-order valence-electron chi connectivity index (χ0n) is 20.2. The molecule has 0 N–H and O–H groups in total. The zero-order chi connectivity index (χ0) is 20.6. The predicted octanol–water partition coefficient (Wildman–Crippen LogP) is 4.78. The molecule has 0 amide bonds. The SMILES string of the molecule is CC(C)C1CCN(C)C1.CC(C)C1CCN(C)CC1.CC(C)C1CN(C)C1. The molecule has 3 heterocycles. The van der Waals surface area contributed by atoms with E-state index >= 15 is 0 Å². The van der Waals surface area contributed by atoms with Gasteiger partial charge in [0.05, 0.1) is 0 Å². The molecule has 27 heavy (non-hydrogen) atoms. The summed E-state index contributed by atoms with van der Waals surface area (Å²) < 4.78 is 0. The fourth-order valence-electron chi connectivity index (χ4n) is 4.38. The average Bonchev–Trinajstić information content (AvgIpc) is 3.00. The highest BCUT2D eigenvalue weighted by Gasteiger charge is 2.25. The molecule has 3 aliphatic rings. The van der Waals surface area contributed by atoms with E-state index in [0.717, 1.165) is 35.5 Å². The lowest BCUT2D eigenvalue weighted by molar-refractivity contribution is 0.0967. The van der Waals surface area contributed by atoms with Crippen molar-refractivity contribution >= 4 is 0 Å². The highest BCUT2D eigenvalue weighted by molar-refractivity contribution is 4.78. The van der Waals surface area contributed by atoms with Gasteiger partial charge in [0.1, 0.15) is 0 Å². The quantitative estimate of drug-likeness (QED) is 0.696. The third-order valence-corrected chi connectivity index (χ3v) is 7.11. The number of piperidine rings is 1. The maximum Gasteiger partial charge on any atom is 0.00214 e. The normalized spacial score (nSPS) is 26.0. The predicted molar refractivity (Wildman–Crippen MR) is 121 cm³/mol. The van der Waals surface area contributed by atoms with Crippen molar-refractivity contribution in [3.63, 3.8) is 0 Å². The van der Waals surface area contributed by atoms with E-state index in [-0.39, 0.29) is 0 Å². The Morgan fingerprint density at radius 1 is 0.481 bits per heavy atom. The molecule has 1 unspecified atom stereocenters. The molecule has 3 heteroatoms. The summed E-state index contributed by atoms with van der Waals surface area (Å²) in [5, 5.41) is 0. The van der Waals surface area contributed by atoms with Crippen LogP contribution >= 0.6 is 0 Å². The molecule has 3 fully saturated rings. The van der Waals surface area contributed by atoms with Crippen molar-refractivity contribution < 1.29 is 0 Å². The molecule has 3 rings (SSSR count). The van der Waals surface area contributed by atoms with Gasteiger partial charge in [0.25, 0.3) is 0 Å².